The second-order valence-corrected chi connectivity index (χ2v) is 10.6. The third kappa shape index (κ3) is 6.25. The number of likely N-dealkylation sites (tertiary alicyclic amines) is 1. The first kappa shape index (κ1) is 25.5. The Labute approximate surface area is 200 Å². The summed E-state index contributed by atoms with van der Waals surface area (Å²) in [5.74, 6) is -0.199. The lowest BCUT2D eigenvalue weighted by atomic mass is 9.95. The van der Waals surface area contributed by atoms with Crippen molar-refractivity contribution in [1.82, 2.24) is 10.6 Å². The van der Waals surface area contributed by atoms with E-state index in [1.54, 1.807) is 39.0 Å². The van der Waals surface area contributed by atoms with E-state index in [9.17, 15) is 19.5 Å². The van der Waals surface area contributed by atoms with Crippen LogP contribution in [-0.4, -0.2) is 52.4 Å². The van der Waals surface area contributed by atoms with Crippen LogP contribution in [0.5, 0.6) is 0 Å². The van der Waals surface area contributed by atoms with Crippen molar-refractivity contribution >= 4 is 29.6 Å². The Balaban J connectivity index is 1.64. The number of carbonyl (C=O) groups is 3. The Morgan fingerprint density at radius 3 is 2.33 bits per heavy atom. The standard InChI is InChI=1S/C24H34ClN3O5/c1-15(16-6-7-16)20(29)21(30)28(10-5-11-28)22(31)26-14-18-12-19(25)9-8-17(18)13-27-23(32)33-24(2,3)4/h8-9,12,15-16,20,29H,5-7,10-11,13-14H2,1-4H3,(H-,26,27,31,32)/p+1/t15-,20+/m0/s1. The van der Waals surface area contributed by atoms with Crippen molar-refractivity contribution in [2.45, 2.75) is 71.8 Å². The van der Waals surface area contributed by atoms with Crippen LogP contribution in [0.2, 0.25) is 5.02 Å². The first-order chi connectivity index (χ1) is 15.4. The lowest BCUT2D eigenvalue weighted by Crippen LogP contribution is -2.70. The van der Waals surface area contributed by atoms with Gasteiger partial charge < -0.3 is 20.5 Å². The number of halogens is 1. The van der Waals surface area contributed by atoms with Crippen LogP contribution in [0.15, 0.2) is 18.2 Å². The molecule has 182 valence electrons. The minimum absolute atomic E-state index is 0.139. The monoisotopic (exact) mass is 480 g/mol. The van der Waals surface area contributed by atoms with Gasteiger partial charge in [0.2, 0.25) is 0 Å². The lowest BCUT2D eigenvalue weighted by Gasteiger charge is -2.41. The first-order valence-corrected chi connectivity index (χ1v) is 11.9. The summed E-state index contributed by atoms with van der Waals surface area (Å²) in [6, 6.07) is 4.79. The molecular weight excluding hydrogens is 446 g/mol. The number of aliphatic hydroxyl groups excluding tert-OH is 1. The van der Waals surface area contributed by atoms with Crippen LogP contribution in [-0.2, 0) is 22.6 Å². The highest BCUT2D eigenvalue weighted by molar-refractivity contribution is 6.30. The third-order valence-electron chi connectivity index (χ3n) is 6.43. The zero-order chi connectivity index (χ0) is 24.4. The van der Waals surface area contributed by atoms with E-state index in [0.717, 1.165) is 30.4 Å². The summed E-state index contributed by atoms with van der Waals surface area (Å²) in [4.78, 5) is 38.2. The summed E-state index contributed by atoms with van der Waals surface area (Å²) in [6.07, 6.45) is 1.12. The van der Waals surface area contributed by atoms with Gasteiger partial charge >= 0.3 is 18.0 Å². The van der Waals surface area contributed by atoms with Gasteiger partial charge in [0.25, 0.3) is 0 Å². The highest BCUT2D eigenvalue weighted by Crippen LogP contribution is 2.39. The molecule has 1 aliphatic heterocycles. The molecule has 0 radical (unpaired) electrons. The lowest BCUT2D eigenvalue weighted by molar-refractivity contribution is -0.818. The zero-order valence-corrected chi connectivity index (χ0v) is 20.6. The molecule has 4 amide bonds. The smallest absolute Gasteiger partial charge is 0.424 e. The molecule has 3 rings (SSSR count). The van der Waals surface area contributed by atoms with E-state index < -0.39 is 29.7 Å². The average Bonchev–Trinajstić information content (AvgIpc) is 3.53. The molecule has 1 heterocycles. The molecule has 1 saturated carbocycles. The topological polar surface area (TPSA) is 105 Å². The zero-order valence-electron chi connectivity index (χ0n) is 19.8. The van der Waals surface area contributed by atoms with Gasteiger partial charge in [-0.15, -0.1) is 0 Å². The van der Waals surface area contributed by atoms with Crippen molar-refractivity contribution in [3.8, 4) is 0 Å². The maximum Gasteiger partial charge on any atom is 0.424 e. The Kier molecular flexibility index (Phi) is 7.71. The van der Waals surface area contributed by atoms with Crippen molar-refractivity contribution in [3.63, 3.8) is 0 Å². The minimum Gasteiger partial charge on any atom is -0.444 e. The number of benzene rings is 1. The van der Waals surface area contributed by atoms with E-state index >= 15 is 0 Å². The number of ether oxygens (including phenoxy) is 1. The second kappa shape index (κ2) is 9.99. The summed E-state index contributed by atoms with van der Waals surface area (Å²) in [6.45, 7) is 8.36. The molecule has 2 atom stereocenters. The fourth-order valence-corrected chi connectivity index (χ4v) is 4.29. The number of aliphatic hydroxyl groups is 1. The maximum atomic E-state index is 13.1. The van der Waals surface area contributed by atoms with Crippen molar-refractivity contribution in [2.75, 3.05) is 13.1 Å². The van der Waals surface area contributed by atoms with E-state index in [2.05, 4.69) is 10.6 Å². The second-order valence-electron chi connectivity index (χ2n) is 10.2. The van der Waals surface area contributed by atoms with Crippen molar-refractivity contribution in [3.05, 3.63) is 34.3 Å². The molecule has 0 aromatic heterocycles. The van der Waals surface area contributed by atoms with E-state index in [1.165, 1.54) is 0 Å². The van der Waals surface area contributed by atoms with Crippen LogP contribution in [0.3, 0.4) is 0 Å². The predicted octanol–water partition coefficient (Wildman–Crippen LogP) is 3.73. The van der Waals surface area contributed by atoms with Gasteiger partial charge in [0, 0.05) is 24.5 Å². The molecule has 0 spiro atoms. The Morgan fingerprint density at radius 1 is 1.15 bits per heavy atom. The molecule has 9 heteroatoms. The number of imide groups is 1. The summed E-state index contributed by atoms with van der Waals surface area (Å²) < 4.78 is 4.90. The van der Waals surface area contributed by atoms with Crippen molar-refractivity contribution in [2.24, 2.45) is 11.8 Å². The molecule has 8 nitrogen and oxygen atoms in total. The Hall–Kier alpha value is -2.16. The van der Waals surface area contributed by atoms with Gasteiger partial charge in [-0.3, -0.25) is 0 Å². The van der Waals surface area contributed by atoms with Gasteiger partial charge in [-0.2, -0.15) is 4.48 Å². The summed E-state index contributed by atoms with van der Waals surface area (Å²) in [5, 5.41) is 16.7. The van der Waals surface area contributed by atoms with Gasteiger partial charge in [-0.1, -0.05) is 24.6 Å². The van der Waals surface area contributed by atoms with Crippen molar-refractivity contribution in [1.29, 1.82) is 0 Å². The molecule has 1 aromatic carbocycles. The number of rotatable bonds is 7. The fraction of sp³-hybridized carbons (Fsp3) is 0.625. The SMILES string of the molecule is C[C@@H](C1CC1)[C@@H](O)C(=O)[N+]1(C(=O)NCc2cc(Cl)ccc2CNC(=O)OC(C)(C)C)CCC1. The molecule has 3 N–H and O–H groups in total. The molecule has 33 heavy (non-hydrogen) atoms. The fourth-order valence-electron chi connectivity index (χ4n) is 4.09. The highest BCUT2D eigenvalue weighted by atomic mass is 35.5. The number of quaternary nitrogens is 1. The van der Waals surface area contributed by atoms with E-state index in [1.807, 2.05) is 6.92 Å². The van der Waals surface area contributed by atoms with E-state index in [-0.39, 0.29) is 23.5 Å². The summed E-state index contributed by atoms with van der Waals surface area (Å²) >= 11 is 6.16. The number of nitrogens with one attached hydrogen (secondary N) is 2. The number of nitrogens with zero attached hydrogens (tertiary/aromatic N) is 1. The quantitative estimate of drug-likeness (QED) is 0.516. The molecule has 1 aromatic rings. The number of alkyl carbamates (subject to hydrolysis) is 1. The van der Waals surface area contributed by atoms with Gasteiger partial charge in [-0.05, 0) is 68.7 Å². The molecule has 2 aliphatic rings. The first-order valence-electron chi connectivity index (χ1n) is 11.5. The van der Waals surface area contributed by atoms with Crippen LogP contribution in [0.25, 0.3) is 0 Å². The molecule has 1 saturated heterocycles. The van der Waals surface area contributed by atoms with Gasteiger partial charge in [0.05, 0.1) is 0 Å². The highest BCUT2D eigenvalue weighted by Gasteiger charge is 2.54. The van der Waals surface area contributed by atoms with Crippen LogP contribution in [0.4, 0.5) is 9.59 Å². The summed E-state index contributed by atoms with van der Waals surface area (Å²) in [7, 11) is 0. The van der Waals surface area contributed by atoms with Crippen LogP contribution in [0, 0.1) is 11.8 Å². The Morgan fingerprint density at radius 2 is 1.79 bits per heavy atom. The molecular formula is C24H35ClN3O5+. The predicted molar refractivity (Wildman–Crippen MR) is 124 cm³/mol. The number of urea groups is 1. The summed E-state index contributed by atoms with van der Waals surface area (Å²) in [5.41, 5.74) is 0.892. The molecule has 0 bridgehead atoms. The number of hydrogen-bond acceptors (Lipinski definition) is 5. The van der Waals surface area contributed by atoms with Crippen molar-refractivity contribution < 1.29 is 28.7 Å². The van der Waals surface area contributed by atoms with Gasteiger partial charge in [0.1, 0.15) is 18.7 Å². The average molecular weight is 481 g/mol. The number of carbonyl (C=O) groups excluding carboxylic acids is 3. The van der Waals surface area contributed by atoms with Crippen LogP contribution < -0.4 is 10.6 Å². The molecule has 2 fully saturated rings. The number of hydrogen-bond donors (Lipinski definition) is 3. The van der Waals surface area contributed by atoms with Gasteiger partial charge in [-0.25, -0.2) is 14.4 Å². The van der Waals surface area contributed by atoms with Crippen LogP contribution >= 0.6 is 11.6 Å². The molecule has 1 aliphatic carbocycles. The van der Waals surface area contributed by atoms with E-state index in [4.69, 9.17) is 16.3 Å². The largest absolute Gasteiger partial charge is 0.444 e. The Bertz CT molecular complexity index is 906. The molecule has 0 unspecified atom stereocenters. The normalized spacial score (nSPS) is 19.1. The minimum atomic E-state index is -1.14. The maximum absolute atomic E-state index is 13.1. The number of amides is 4. The third-order valence-corrected chi connectivity index (χ3v) is 6.66. The van der Waals surface area contributed by atoms with Crippen LogP contribution in [0.1, 0.15) is 58.1 Å². The van der Waals surface area contributed by atoms with Gasteiger partial charge in [0.15, 0.2) is 6.10 Å². The van der Waals surface area contributed by atoms with E-state index in [0.29, 0.717) is 24.0 Å².